The molecule has 3 unspecified atom stereocenters. The van der Waals surface area contributed by atoms with Crippen LogP contribution >= 0.6 is 11.3 Å². The van der Waals surface area contributed by atoms with Crippen LogP contribution in [-0.2, 0) is 0 Å². The van der Waals surface area contributed by atoms with Crippen molar-refractivity contribution in [2.24, 2.45) is 17.7 Å². The van der Waals surface area contributed by atoms with Crippen molar-refractivity contribution in [3.8, 4) is 0 Å². The number of hydrazine groups is 1. The standard InChI is InChI=1S/C10H16N2S/c1-6-5-9(6)10(12-11)8-3-4-13-7(8)2/h3-4,6,9-10,12H,5,11H2,1-2H3. The monoisotopic (exact) mass is 196 g/mol. The van der Waals surface area contributed by atoms with E-state index in [2.05, 4.69) is 30.7 Å². The predicted octanol–water partition coefficient (Wildman–Crippen LogP) is 2.22. The first-order valence-corrected chi connectivity index (χ1v) is 5.62. The molecule has 0 aromatic carbocycles. The van der Waals surface area contributed by atoms with Crippen molar-refractivity contribution in [3.63, 3.8) is 0 Å². The topological polar surface area (TPSA) is 38.0 Å². The molecular weight excluding hydrogens is 180 g/mol. The fourth-order valence-corrected chi connectivity index (χ4v) is 2.73. The van der Waals surface area contributed by atoms with Crippen LogP contribution in [0.25, 0.3) is 0 Å². The summed E-state index contributed by atoms with van der Waals surface area (Å²) in [6.07, 6.45) is 1.31. The second kappa shape index (κ2) is 3.40. The van der Waals surface area contributed by atoms with Crippen molar-refractivity contribution in [2.75, 3.05) is 0 Å². The zero-order valence-electron chi connectivity index (χ0n) is 8.08. The Labute approximate surface area is 83.1 Å². The summed E-state index contributed by atoms with van der Waals surface area (Å²) in [6, 6.07) is 2.57. The molecule has 1 fully saturated rings. The van der Waals surface area contributed by atoms with E-state index in [9.17, 15) is 0 Å². The Balaban J connectivity index is 2.17. The van der Waals surface area contributed by atoms with E-state index in [-0.39, 0.29) is 0 Å². The first-order chi connectivity index (χ1) is 6.24. The first kappa shape index (κ1) is 9.19. The van der Waals surface area contributed by atoms with E-state index in [0.717, 1.165) is 11.8 Å². The van der Waals surface area contributed by atoms with E-state index >= 15 is 0 Å². The van der Waals surface area contributed by atoms with E-state index in [1.54, 1.807) is 11.3 Å². The second-order valence-corrected chi connectivity index (χ2v) is 5.07. The Morgan fingerprint density at radius 1 is 1.69 bits per heavy atom. The van der Waals surface area contributed by atoms with E-state index in [1.165, 1.54) is 16.9 Å². The highest BCUT2D eigenvalue weighted by molar-refractivity contribution is 7.10. The van der Waals surface area contributed by atoms with Crippen molar-refractivity contribution in [1.82, 2.24) is 5.43 Å². The summed E-state index contributed by atoms with van der Waals surface area (Å²) < 4.78 is 0. The smallest absolute Gasteiger partial charge is 0.0501 e. The molecule has 0 amide bonds. The highest BCUT2D eigenvalue weighted by Gasteiger charge is 2.40. The molecule has 3 heteroatoms. The van der Waals surface area contributed by atoms with Gasteiger partial charge in [-0.2, -0.15) is 0 Å². The summed E-state index contributed by atoms with van der Waals surface area (Å²) in [7, 11) is 0. The SMILES string of the molecule is Cc1sccc1C(NN)C1CC1C. The fraction of sp³-hybridized carbons (Fsp3) is 0.600. The molecule has 1 aromatic heterocycles. The van der Waals surface area contributed by atoms with Gasteiger partial charge >= 0.3 is 0 Å². The van der Waals surface area contributed by atoms with Crippen molar-refractivity contribution in [3.05, 3.63) is 21.9 Å². The minimum absolute atomic E-state index is 0.376. The molecule has 0 radical (unpaired) electrons. The lowest BCUT2D eigenvalue weighted by molar-refractivity contribution is 0.475. The summed E-state index contributed by atoms with van der Waals surface area (Å²) in [4.78, 5) is 1.39. The van der Waals surface area contributed by atoms with Crippen LogP contribution in [0.1, 0.15) is 29.8 Å². The van der Waals surface area contributed by atoms with Gasteiger partial charge in [0, 0.05) is 4.88 Å². The maximum atomic E-state index is 5.59. The van der Waals surface area contributed by atoms with Crippen LogP contribution in [0, 0.1) is 18.8 Å². The van der Waals surface area contributed by atoms with E-state index in [0.29, 0.717) is 6.04 Å². The third-order valence-electron chi connectivity index (χ3n) is 3.01. The Morgan fingerprint density at radius 3 is 2.77 bits per heavy atom. The van der Waals surface area contributed by atoms with Crippen LogP contribution in [0.3, 0.4) is 0 Å². The van der Waals surface area contributed by atoms with Crippen molar-refractivity contribution in [2.45, 2.75) is 26.3 Å². The highest BCUT2D eigenvalue weighted by Crippen LogP contribution is 2.47. The van der Waals surface area contributed by atoms with Gasteiger partial charge in [0.05, 0.1) is 6.04 Å². The molecule has 3 N–H and O–H groups in total. The normalized spacial score (nSPS) is 28.8. The Bertz CT molecular complexity index is 295. The number of hydrogen-bond acceptors (Lipinski definition) is 3. The predicted molar refractivity (Wildman–Crippen MR) is 56.4 cm³/mol. The average molecular weight is 196 g/mol. The first-order valence-electron chi connectivity index (χ1n) is 4.74. The highest BCUT2D eigenvalue weighted by atomic mass is 32.1. The molecule has 1 saturated carbocycles. The van der Waals surface area contributed by atoms with Gasteiger partial charge in [0.15, 0.2) is 0 Å². The zero-order chi connectivity index (χ0) is 9.42. The van der Waals surface area contributed by atoms with Crippen molar-refractivity contribution < 1.29 is 0 Å². The zero-order valence-corrected chi connectivity index (χ0v) is 8.90. The summed E-state index contributed by atoms with van der Waals surface area (Å²) in [5.41, 5.74) is 4.33. The third-order valence-corrected chi connectivity index (χ3v) is 3.87. The molecule has 0 saturated heterocycles. The molecule has 2 rings (SSSR count). The molecule has 1 aliphatic carbocycles. The molecule has 1 aliphatic rings. The van der Waals surface area contributed by atoms with Gasteiger partial charge in [0.25, 0.3) is 0 Å². The summed E-state index contributed by atoms with van der Waals surface area (Å²) in [5, 5.41) is 2.14. The molecule has 13 heavy (non-hydrogen) atoms. The number of aryl methyl sites for hydroxylation is 1. The van der Waals surface area contributed by atoms with Crippen LogP contribution in [0.2, 0.25) is 0 Å². The van der Waals surface area contributed by atoms with E-state index in [4.69, 9.17) is 5.84 Å². The van der Waals surface area contributed by atoms with Crippen LogP contribution in [0.4, 0.5) is 0 Å². The van der Waals surface area contributed by atoms with Gasteiger partial charge in [-0.3, -0.25) is 11.3 Å². The fourth-order valence-electron chi connectivity index (χ4n) is 1.98. The summed E-state index contributed by atoms with van der Waals surface area (Å²) in [5.74, 6) is 7.17. The average Bonchev–Trinajstić information content (AvgIpc) is 2.65. The van der Waals surface area contributed by atoms with Crippen LogP contribution in [0.5, 0.6) is 0 Å². The van der Waals surface area contributed by atoms with Crippen molar-refractivity contribution >= 4 is 11.3 Å². The summed E-state index contributed by atoms with van der Waals surface area (Å²) in [6.45, 7) is 4.45. The lowest BCUT2D eigenvalue weighted by atomic mass is 10.0. The maximum absolute atomic E-state index is 5.59. The Hall–Kier alpha value is -0.380. The Morgan fingerprint density at radius 2 is 2.38 bits per heavy atom. The van der Waals surface area contributed by atoms with Gasteiger partial charge < -0.3 is 0 Å². The molecular formula is C10H16N2S. The number of nitrogens with two attached hydrogens (primary N) is 1. The minimum atomic E-state index is 0.376. The molecule has 0 bridgehead atoms. The lowest BCUT2D eigenvalue weighted by Crippen LogP contribution is -2.30. The van der Waals surface area contributed by atoms with E-state index < -0.39 is 0 Å². The molecule has 3 atom stereocenters. The van der Waals surface area contributed by atoms with Gasteiger partial charge in [-0.25, -0.2) is 0 Å². The van der Waals surface area contributed by atoms with Crippen LogP contribution < -0.4 is 11.3 Å². The van der Waals surface area contributed by atoms with Gasteiger partial charge in [-0.15, -0.1) is 11.3 Å². The number of hydrogen-bond donors (Lipinski definition) is 2. The minimum Gasteiger partial charge on any atom is -0.271 e. The second-order valence-electron chi connectivity index (χ2n) is 3.95. The van der Waals surface area contributed by atoms with Gasteiger partial charge in [-0.1, -0.05) is 6.92 Å². The van der Waals surface area contributed by atoms with Gasteiger partial charge in [0.1, 0.15) is 0 Å². The van der Waals surface area contributed by atoms with E-state index in [1.807, 2.05) is 0 Å². The largest absolute Gasteiger partial charge is 0.271 e. The molecule has 0 spiro atoms. The quantitative estimate of drug-likeness (QED) is 0.574. The number of rotatable bonds is 3. The summed E-state index contributed by atoms with van der Waals surface area (Å²) >= 11 is 1.80. The molecule has 1 aromatic rings. The maximum Gasteiger partial charge on any atom is 0.0501 e. The van der Waals surface area contributed by atoms with Crippen LogP contribution in [-0.4, -0.2) is 0 Å². The van der Waals surface area contributed by atoms with Gasteiger partial charge in [-0.05, 0) is 42.2 Å². The molecule has 0 aliphatic heterocycles. The third kappa shape index (κ3) is 1.64. The number of nitrogens with one attached hydrogen (secondary N) is 1. The van der Waals surface area contributed by atoms with Gasteiger partial charge in [0.2, 0.25) is 0 Å². The Kier molecular flexibility index (Phi) is 2.41. The van der Waals surface area contributed by atoms with Crippen molar-refractivity contribution in [1.29, 1.82) is 0 Å². The number of thiophene rings is 1. The van der Waals surface area contributed by atoms with Crippen LogP contribution in [0.15, 0.2) is 11.4 Å². The molecule has 1 heterocycles. The molecule has 72 valence electrons. The molecule has 2 nitrogen and oxygen atoms in total. The lowest BCUT2D eigenvalue weighted by Gasteiger charge is -2.15.